The number of aliphatic carboxylic acids is 1. The maximum atomic E-state index is 13.3. The van der Waals surface area contributed by atoms with Crippen LogP contribution in [0.15, 0.2) is 76.3 Å². The molecule has 0 fully saturated rings. The fourth-order valence-corrected chi connectivity index (χ4v) is 2.16. The molecule has 0 aromatic heterocycles. The molecule has 148 valence electrons. The largest absolute Gasteiger partial charge is 0.480 e. The Hall–Kier alpha value is -2.73. The molecule has 0 aromatic rings. The fourth-order valence-electron chi connectivity index (χ4n) is 2.16. The van der Waals surface area contributed by atoms with E-state index in [2.05, 4.69) is 11.6 Å². The van der Waals surface area contributed by atoms with E-state index in [0.717, 1.165) is 5.57 Å². The van der Waals surface area contributed by atoms with Gasteiger partial charge in [0, 0.05) is 18.3 Å². The number of halogens is 1. The predicted octanol–water partition coefficient (Wildman–Crippen LogP) is 3.97. The molecule has 0 radical (unpaired) electrons. The smallest absolute Gasteiger partial charge is 0.323 e. The van der Waals surface area contributed by atoms with Gasteiger partial charge in [-0.3, -0.25) is 9.79 Å². The SMILES string of the molecule is C=C/C=C(C)\C=C/CC=NC(C(=C/C)/C(N)=C\C(C)=C(/C)F)C(N)C(=O)O. The van der Waals surface area contributed by atoms with Gasteiger partial charge >= 0.3 is 5.97 Å². The molecule has 0 bridgehead atoms. The van der Waals surface area contributed by atoms with Crippen LogP contribution in [0.2, 0.25) is 0 Å². The number of nitrogens with zero attached hydrogens (tertiary/aromatic N) is 1. The zero-order valence-electron chi connectivity index (χ0n) is 16.4. The standard InChI is InChI=1S/C21H30FN3O2/c1-6-10-14(3)11-8-9-12-25-20(19(24)21(26)27)17(7-2)18(23)13-15(4)16(5)22/h6-8,10-13,19-20H,1,9,23-24H2,2-5H3,(H,26,27)/b11-8-,14-10-,16-15+,17-7+,18-13+,25-12?. The Morgan fingerprint density at radius 2 is 1.96 bits per heavy atom. The van der Waals surface area contributed by atoms with Gasteiger partial charge in [-0.2, -0.15) is 0 Å². The quantitative estimate of drug-likeness (QED) is 0.397. The lowest BCUT2D eigenvalue weighted by atomic mass is 9.96. The van der Waals surface area contributed by atoms with E-state index in [1.165, 1.54) is 13.0 Å². The highest BCUT2D eigenvalue weighted by Gasteiger charge is 2.27. The molecular weight excluding hydrogens is 345 g/mol. The van der Waals surface area contributed by atoms with Gasteiger partial charge in [-0.05, 0) is 44.9 Å². The first kappa shape index (κ1) is 24.3. The molecular formula is C21H30FN3O2. The van der Waals surface area contributed by atoms with Crippen molar-refractivity contribution in [3.63, 3.8) is 0 Å². The molecule has 0 aliphatic heterocycles. The lowest BCUT2D eigenvalue weighted by molar-refractivity contribution is -0.138. The number of rotatable bonds is 10. The van der Waals surface area contributed by atoms with E-state index >= 15 is 0 Å². The number of allylic oxidation sites excluding steroid dienone is 9. The highest BCUT2D eigenvalue weighted by molar-refractivity contribution is 5.76. The molecule has 0 saturated carbocycles. The van der Waals surface area contributed by atoms with Crippen molar-refractivity contribution in [2.24, 2.45) is 16.5 Å². The topological polar surface area (TPSA) is 102 Å². The van der Waals surface area contributed by atoms with Gasteiger partial charge < -0.3 is 16.6 Å². The van der Waals surface area contributed by atoms with E-state index in [4.69, 9.17) is 11.5 Å². The molecule has 0 spiro atoms. The van der Waals surface area contributed by atoms with Crippen LogP contribution < -0.4 is 11.5 Å². The van der Waals surface area contributed by atoms with Gasteiger partial charge in [0.1, 0.15) is 12.1 Å². The summed E-state index contributed by atoms with van der Waals surface area (Å²) in [6, 6.07) is -2.16. The molecule has 27 heavy (non-hydrogen) atoms. The number of carboxylic acid groups (broad SMARTS) is 1. The van der Waals surface area contributed by atoms with Gasteiger partial charge in [0.25, 0.3) is 0 Å². The maximum Gasteiger partial charge on any atom is 0.323 e. The van der Waals surface area contributed by atoms with Crippen LogP contribution in [0.25, 0.3) is 0 Å². The van der Waals surface area contributed by atoms with E-state index in [0.29, 0.717) is 17.6 Å². The average Bonchev–Trinajstić information content (AvgIpc) is 2.59. The van der Waals surface area contributed by atoms with Crippen LogP contribution in [-0.4, -0.2) is 29.4 Å². The zero-order valence-corrected chi connectivity index (χ0v) is 16.4. The Morgan fingerprint density at radius 3 is 2.44 bits per heavy atom. The summed E-state index contributed by atoms with van der Waals surface area (Å²) in [5, 5.41) is 9.30. The van der Waals surface area contributed by atoms with Crippen LogP contribution in [0.5, 0.6) is 0 Å². The third kappa shape index (κ3) is 8.96. The first-order valence-electron chi connectivity index (χ1n) is 8.58. The normalized spacial score (nSPS) is 17.2. The summed E-state index contributed by atoms with van der Waals surface area (Å²) >= 11 is 0. The fraction of sp³-hybridized carbons (Fsp3) is 0.333. The number of nitrogens with two attached hydrogens (primary N) is 2. The molecule has 5 N–H and O–H groups in total. The second-order valence-corrected chi connectivity index (χ2v) is 5.99. The van der Waals surface area contributed by atoms with Gasteiger partial charge in [0.15, 0.2) is 0 Å². The molecule has 0 saturated heterocycles. The Labute approximate surface area is 161 Å². The second kappa shape index (κ2) is 12.6. The van der Waals surface area contributed by atoms with Gasteiger partial charge in [0.2, 0.25) is 0 Å². The van der Waals surface area contributed by atoms with Crippen molar-refractivity contribution in [3.8, 4) is 0 Å². The van der Waals surface area contributed by atoms with Crippen LogP contribution in [-0.2, 0) is 4.79 Å². The van der Waals surface area contributed by atoms with E-state index in [1.54, 1.807) is 32.2 Å². The molecule has 0 aliphatic carbocycles. The minimum absolute atomic E-state index is 0.228. The van der Waals surface area contributed by atoms with Crippen LogP contribution >= 0.6 is 0 Å². The highest BCUT2D eigenvalue weighted by Crippen LogP contribution is 2.19. The lowest BCUT2D eigenvalue weighted by Crippen LogP contribution is -2.42. The first-order chi connectivity index (χ1) is 12.6. The van der Waals surface area contributed by atoms with Crippen LogP contribution in [0.4, 0.5) is 4.39 Å². The first-order valence-corrected chi connectivity index (χ1v) is 8.58. The third-order valence-electron chi connectivity index (χ3n) is 3.77. The Balaban J connectivity index is 5.61. The number of aliphatic imine (C=N–C) groups is 1. The van der Waals surface area contributed by atoms with E-state index in [9.17, 15) is 14.3 Å². The predicted molar refractivity (Wildman–Crippen MR) is 111 cm³/mol. The van der Waals surface area contributed by atoms with E-state index in [-0.39, 0.29) is 11.5 Å². The minimum atomic E-state index is -1.28. The van der Waals surface area contributed by atoms with Crippen molar-refractivity contribution in [3.05, 3.63) is 71.3 Å². The molecule has 0 amide bonds. The molecule has 5 nitrogen and oxygen atoms in total. The van der Waals surface area contributed by atoms with Crippen LogP contribution in [0, 0.1) is 0 Å². The summed E-state index contributed by atoms with van der Waals surface area (Å²) in [7, 11) is 0. The lowest BCUT2D eigenvalue weighted by Gasteiger charge is -2.20. The van der Waals surface area contributed by atoms with Crippen molar-refractivity contribution in [1.29, 1.82) is 0 Å². The summed E-state index contributed by atoms with van der Waals surface area (Å²) < 4.78 is 13.3. The number of hydrogen-bond donors (Lipinski definition) is 3. The van der Waals surface area contributed by atoms with Gasteiger partial charge in [-0.1, -0.05) is 42.5 Å². The summed E-state index contributed by atoms with van der Waals surface area (Å²) in [6.45, 7) is 10.2. The molecule has 2 atom stereocenters. The Morgan fingerprint density at radius 1 is 1.33 bits per heavy atom. The Bertz CT molecular complexity index is 709. The van der Waals surface area contributed by atoms with Gasteiger partial charge in [0.05, 0.1) is 5.83 Å². The number of hydrogen-bond acceptors (Lipinski definition) is 4. The maximum absolute atomic E-state index is 13.3. The average molecular weight is 375 g/mol. The molecule has 6 heteroatoms. The second-order valence-electron chi connectivity index (χ2n) is 5.99. The number of carbonyl (C=O) groups is 1. The summed E-state index contributed by atoms with van der Waals surface area (Å²) in [4.78, 5) is 15.7. The van der Waals surface area contributed by atoms with Crippen molar-refractivity contribution in [2.45, 2.75) is 46.2 Å². The summed E-state index contributed by atoms with van der Waals surface area (Å²) in [5.41, 5.74) is 13.9. The van der Waals surface area contributed by atoms with Crippen molar-refractivity contribution < 1.29 is 14.3 Å². The minimum Gasteiger partial charge on any atom is -0.480 e. The molecule has 0 aliphatic rings. The summed E-state index contributed by atoms with van der Waals surface area (Å²) in [5.74, 6) is -1.57. The summed E-state index contributed by atoms with van der Waals surface area (Å²) in [6.07, 6.45) is 12.5. The van der Waals surface area contributed by atoms with Crippen molar-refractivity contribution in [1.82, 2.24) is 0 Å². The molecule has 0 rings (SSSR count). The van der Waals surface area contributed by atoms with Gasteiger partial charge in [-0.15, -0.1) is 0 Å². The third-order valence-corrected chi connectivity index (χ3v) is 3.77. The van der Waals surface area contributed by atoms with Gasteiger partial charge in [-0.25, -0.2) is 4.39 Å². The van der Waals surface area contributed by atoms with Crippen LogP contribution in [0.3, 0.4) is 0 Å². The molecule has 0 heterocycles. The Kier molecular flexibility index (Phi) is 11.3. The zero-order chi connectivity index (χ0) is 21.0. The number of carboxylic acids is 1. The van der Waals surface area contributed by atoms with E-state index < -0.39 is 18.1 Å². The van der Waals surface area contributed by atoms with Crippen molar-refractivity contribution >= 4 is 12.2 Å². The van der Waals surface area contributed by atoms with Crippen molar-refractivity contribution in [2.75, 3.05) is 0 Å². The van der Waals surface area contributed by atoms with E-state index in [1.807, 2.05) is 25.2 Å². The van der Waals surface area contributed by atoms with Crippen LogP contribution in [0.1, 0.15) is 34.1 Å². The molecule has 0 aromatic carbocycles. The monoisotopic (exact) mass is 375 g/mol. The highest BCUT2D eigenvalue weighted by atomic mass is 19.1. The molecule has 2 unspecified atom stereocenters.